The third-order valence-electron chi connectivity index (χ3n) is 9.82. The number of ether oxygens (including phenoxy) is 2. The van der Waals surface area contributed by atoms with Crippen molar-refractivity contribution in [3.63, 3.8) is 0 Å². The van der Waals surface area contributed by atoms with Crippen LogP contribution in [0.5, 0.6) is 0 Å². The predicted molar refractivity (Wildman–Crippen MR) is 126 cm³/mol. The lowest BCUT2D eigenvalue weighted by Gasteiger charge is -2.55. The van der Waals surface area contributed by atoms with Crippen LogP contribution in [0, 0.1) is 46.8 Å². The van der Waals surface area contributed by atoms with Gasteiger partial charge >= 0.3 is 11.9 Å². The summed E-state index contributed by atoms with van der Waals surface area (Å²) in [5.74, 6) is 2.37. The Kier molecular flexibility index (Phi) is 7.35. The summed E-state index contributed by atoms with van der Waals surface area (Å²) in [5, 5.41) is 0. The molecule has 3 fully saturated rings. The fourth-order valence-corrected chi connectivity index (χ4v) is 8.29. The molecule has 7 atom stereocenters. The third-order valence-corrected chi connectivity index (χ3v) is 9.82. The lowest BCUT2D eigenvalue weighted by atomic mass is 9.49. The number of fused-ring (bicyclic) bond motifs is 5. The van der Waals surface area contributed by atoms with Crippen molar-refractivity contribution in [3.05, 3.63) is 11.6 Å². The van der Waals surface area contributed by atoms with Gasteiger partial charge < -0.3 is 9.47 Å². The summed E-state index contributed by atoms with van der Waals surface area (Å²) in [6.07, 6.45) is 11.5. The minimum atomic E-state index is -0.809. The minimum Gasteiger partial charge on any atom is -0.465 e. The van der Waals surface area contributed by atoms with Crippen LogP contribution >= 0.6 is 0 Å². The van der Waals surface area contributed by atoms with Crippen LogP contribution in [0.2, 0.25) is 0 Å². The first-order chi connectivity index (χ1) is 15.8. The highest BCUT2D eigenvalue weighted by Gasteiger charge is 2.55. The Morgan fingerprint density at radius 1 is 0.970 bits per heavy atom. The molecule has 33 heavy (non-hydrogen) atoms. The zero-order valence-electron chi connectivity index (χ0n) is 20.9. The van der Waals surface area contributed by atoms with Gasteiger partial charge in [-0.15, -0.1) is 0 Å². The van der Waals surface area contributed by atoms with Crippen LogP contribution in [-0.4, -0.2) is 30.9 Å². The quantitative estimate of drug-likeness (QED) is 0.371. The number of rotatable bonds is 7. The predicted octanol–water partition coefficient (Wildman–Crippen LogP) is 5.51. The molecule has 0 amide bonds. The number of hydrogen-bond acceptors (Lipinski definition) is 5. The summed E-state index contributed by atoms with van der Waals surface area (Å²) < 4.78 is 10.4. The van der Waals surface area contributed by atoms with Gasteiger partial charge in [0.15, 0.2) is 11.7 Å². The van der Waals surface area contributed by atoms with E-state index in [0.29, 0.717) is 36.4 Å². The molecule has 0 aromatic rings. The molecule has 0 bridgehead atoms. The largest absolute Gasteiger partial charge is 0.465 e. The van der Waals surface area contributed by atoms with Crippen molar-refractivity contribution in [2.45, 2.75) is 85.5 Å². The fourth-order valence-electron chi connectivity index (χ4n) is 8.29. The summed E-state index contributed by atoms with van der Waals surface area (Å²) in [4.78, 5) is 37.1. The summed E-state index contributed by atoms with van der Waals surface area (Å²) in [6, 6.07) is 0. The summed E-state index contributed by atoms with van der Waals surface area (Å²) in [7, 11) is 0. The van der Waals surface area contributed by atoms with E-state index in [2.05, 4.69) is 13.8 Å². The third kappa shape index (κ3) is 4.53. The molecule has 0 spiro atoms. The van der Waals surface area contributed by atoms with Crippen LogP contribution in [0.15, 0.2) is 11.6 Å². The van der Waals surface area contributed by atoms with Crippen LogP contribution < -0.4 is 0 Å². The summed E-state index contributed by atoms with van der Waals surface area (Å²) in [6.45, 7) is 8.76. The van der Waals surface area contributed by atoms with Gasteiger partial charge in [-0.2, -0.15) is 0 Å². The first-order valence-corrected chi connectivity index (χ1v) is 13.4. The highest BCUT2D eigenvalue weighted by atomic mass is 16.6. The van der Waals surface area contributed by atoms with E-state index >= 15 is 0 Å². The Morgan fingerprint density at radius 2 is 1.64 bits per heavy atom. The summed E-state index contributed by atoms with van der Waals surface area (Å²) in [5.41, 5.74) is 1.64. The van der Waals surface area contributed by atoms with E-state index in [9.17, 15) is 14.4 Å². The number of esters is 2. The molecule has 4 aliphatic rings. The van der Waals surface area contributed by atoms with Gasteiger partial charge in [0, 0.05) is 6.42 Å². The molecule has 0 aliphatic heterocycles. The Bertz CT molecular complexity index is 782. The van der Waals surface area contributed by atoms with Gasteiger partial charge in [0.05, 0.1) is 13.2 Å². The maximum Gasteiger partial charge on any atom is 0.320 e. The molecular weight excluding hydrogens is 416 g/mol. The molecule has 0 aromatic heterocycles. The van der Waals surface area contributed by atoms with Gasteiger partial charge in [0.1, 0.15) is 0 Å². The second-order valence-electron chi connectivity index (χ2n) is 11.3. The lowest BCUT2D eigenvalue weighted by Crippen LogP contribution is -2.47. The second kappa shape index (κ2) is 9.92. The van der Waals surface area contributed by atoms with Crippen LogP contribution in [0.3, 0.4) is 0 Å². The minimum absolute atomic E-state index is 0.213. The molecule has 5 nitrogen and oxygen atoms in total. The SMILES string of the molecule is CCOC(=O)C(C[C@@H](C)[C@H]1CC[C@@H]2C1CC[C@H]1[C@H]2CCC2=CC(=O)CC[C@@]21C)C(=O)OCC. The molecule has 5 heteroatoms. The van der Waals surface area contributed by atoms with E-state index in [1.165, 1.54) is 37.7 Å². The van der Waals surface area contributed by atoms with E-state index < -0.39 is 17.9 Å². The van der Waals surface area contributed by atoms with Crippen molar-refractivity contribution in [2.75, 3.05) is 13.2 Å². The van der Waals surface area contributed by atoms with Crippen LogP contribution in [0.1, 0.15) is 85.5 Å². The monoisotopic (exact) mass is 458 g/mol. The van der Waals surface area contributed by atoms with Gasteiger partial charge in [-0.1, -0.05) is 19.4 Å². The Morgan fingerprint density at radius 3 is 2.30 bits per heavy atom. The zero-order chi connectivity index (χ0) is 23.8. The molecule has 4 rings (SSSR count). The Balaban J connectivity index is 1.46. The highest BCUT2D eigenvalue weighted by Crippen LogP contribution is 2.63. The molecular formula is C28H42O5. The number of carbonyl (C=O) groups excluding carboxylic acids is 3. The van der Waals surface area contributed by atoms with E-state index in [1.54, 1.807) is 13.8 Å². The van der Waals surface area contributed by atoms with Gasteiger partial charge in [-0.05, 0) is 112 Å². The van der Waals surface area contributed by atoms with Crippen molar-refractivity contribution in [1.82, 2.24) is 0 Å². The standard InChI is InChI=1S/C28H42O5/c1-5-32-26(30)24(27(31)33-6-2)15-17(3)20-9-10-22-21(20)11-12-25-23(22)8-7-18-16-19(29)13-14-28(18,25)4/h16-17,20-25H,5-15H2,1-4H3/t17-,20-,21?,22-,23+,25+,28+/m1/s1. The highest BCUT2D eigenvalue weighted by molar-refractivity contribution is 5.95. The second-order valence-corrected chi connectivity index (χ2v) is 11.3. The Hall–Kier alpha value is -1.65. The van der Waals surface area contributed by atoms with Crippen molar-refractivity contribution < 1.29 is 23.9 Å². The lowest BCUT2D eigenvalue weighted by molar-refractivity contribution is -0.162. The molecule has 3 saturated carbocycles. The van der Waals surface area contributed by atoms with E-state index in [0.717, 1.165) is 24.7 Å². The van der Waals surface area contributed by atoms with Gasteiger partial charge in [0.25, 0.3) is 0 Å². The molecule has 4 aliphatic carbocycles. The first kappa shape index (κ1) is 24.5. The molecule has 0 radical (unpaired) electrons. The number of carbonyl (C=O) groups is 3. The smallest absolute Gasteiger partial charge is 0.320 e. The average molecular weight is 459 g/mol. The van der Waals surface area contributed by atoms with E-state index in [1.807, 2.05) is 6.08 Å². The molecule has 0 heterocycles. The van der Waals surface area contributed by atoms with Gasteiger partial charge in [-0.3, -0.25) is 14.4 Å². The van der Waals surface area contributed by atoms with Gasteiger partial charge in [0.2, 0.25) is 0 Å². The first-order valence-electron chi connectivity index (χ1n) is 13.4. The maximum atomic E-state index is 12.5. The molecule has 1 unspecified atom stereocenters. The molecule has 184 valence electrons. The molecule has 0 N–H and O–H groups in total. The fraction of sp³-hybridized carbons (Fsp3) is 0.821. The van der Waals surface area contributed by atoms with E-state index in [-0.39, 0.29) is 24.5 Å². The van der Waals surface area contributed by atoms with Crippen LogP contribution in [0.25, 0.3) is 0 Å². The number of ketones is 1. The van der Waals surface area contributed by atoms with Crippen molar-refractivity contribution in [1.29, 1.82) is 0 Å². The Labute approximate surface area is 199 Å². The van der Waals surface area contributed by atoms with Crippen LogP contribution in [0.4, 0.5) is 0 Å². The topological polar surface area (TPSA) is 69.7 Å². The van der Waals surface area contributed by atoms with Crippen molar-refractivity contribution in [2.24, 2.45) is 46.8 Å². The number of allylic oxidation sites excluding steroid dienone is 1. The van der Waals surface area contributed by atoms with Crippen LogP contribution in [-0.2, 0) is 23.9 Å². The maximum absolute atomic E-state index is 12.5. The zero-order valence-corrected chi connectivity index (χ0v) is 20.9. The normalized spacial score (nSPS) is 36.3. The molecule has 0 aromatic carbocycles. The number of hydrogen-bond donors (Lipinski definition) is 0. The van der Waals surface area contributed by atoms with Gasteiger partial charge in [-0.25, -0.2) is 0 Å². The van der Waals surface area contributed by atoms with E-state index in [4.69, 9.17) is 9.47 Å². The molecule has 0 saturated heterocycles. The average Bonchev–Trinajstić information content (AvgIpc) is 3.22. The van der Waals surface area contributed by atoms with Crippen molar-refractivity contribution >= 4 is 17.7 Å². The van der Waals surface area contributed by atoms with Crippen molar-refractivity contribution in [3.8, 4) is 0 Å². The summed E-state index contributed by atoms with van der Waals surface area (Å²) >= 11 is 0.